The van der Waals surface area contributed by atoms with E-state index in [0.29, 0.717) is 0 Å². The van der Waals surface area contributed by atoms with Crippen LogP contribution in [0.4, 0.5) is 0 Å². The zero-order chi connectivity index (χ0) is 15.5. The summed E-state index contributed by atoms with van der Waals surface area (Å²) in [5.41, 5.74) is 0.971. The van der Waals surface area contributed by atoms with Gasteiger partial charge in [-0.15, -0.1) is 0 Å². The lowest BCUT2D eigenvalue weighted by molar-refractivity contribution is -0.141. The van der Waals surface area contributed by atoms with Crippen LogP contribution in [0.5, 0.6) is 0 Å². The second kappa shape index (κ2) is 6.37. The van der Waals surface area contributed by atoms with Crippen molar-refractivity contribution in [3.05, 3.63) is 29.8 Å². The van der Waals surface area contributed by atoms with Crippen LogP contribution in [-0.4, -0.2) is 36.4 Å². The second-order valence-corrected chi connectivity index (χ2v) is 7.11. The Bertz CT molecular complexity index is 563. The van der Waals surface area contributed by atoms with Crippen molar-refractivity contribution in [2.75, 3.05) is 6.54 Å². The van der Waals surface area contributed by atoms with Gasteiger partial charge in [-0.25, -0.2) is 8.42 Å². The van der Waals surface area contributed by atoms with E-state index in [2.05, 4.69) is 0 Å². The molecule has 0 saturated carbocycles. The zero-order valence-electron chi connectivity index (χ0n) is 12.2. The maximum absolute atomic E-state index is 12.6. The van der Waals surface area contributed by atoms with Crippen LogP contribution < -0.4 is 0 Å². The Morgan fingerprint density at radius 2 is 1.70 bits per heavy atom. The molecular formula is C14H21NO4S. The van der Waals surface area contributed by atoms with Gasteiger partial charge in [0.2, 0.25) is 10.0 Å². The van der Waals surface area contributed by atoms with E-state index in [1.54, 1.807) is 38.1 Å². The first-order valence-corrected chi connectivity index (χ1v) is 7.91. The molecule has 1 N–H and O–H groups in total. The molecule has 0 amide bonds. The molecular weight excluding hydrogens is 278 g/mol. The van der Waals surface area contributed by atoms with E-state index in [4.69, 9.17) is 5.11 Å². The summed E-state index contributed by atoms with van der Waals surface area (Å²) in [6.07, 6.45) is 0. The van der Waals surface area contributed by atoms with Crippen molar-refractivity contribution >= 4 is 16.0 Å². The highest BCUT2D eigenvalue weighted by atomic mass is 32.2. The molecule has 1 aromatic rings. The van der Waals surface area contributed by atoms with Gasteiger partial charge in [0, 0.05) is 12.6 Å². The average Bonchev–Trinajstić information content (AvgIpc) is 2.35. The van der Waals surface area contributed by atoms with E-state index < -0.39 is 21.9 Å². The monoisotopic (exact) mass is 299 g/mol. The lowest BCUT2D eigenvalue weighted by Gasteiger charge is -2.27. The highest BCUT2D eigenvalue weighted by molar-refractivity contribution is 7.89. The Morgan fingerprint density at radius 1 is 1.20 bits per heavy atom. The number of hydrogen-bond acceptors (Lipinski definition) is 3. The number of aliphatic carboxylic acids is 1. The predicted molar refractivity (Wildman–Crippen MR) is 77.0 cm³/mol. The molecule has 20 heavy (non-hydrogen) atoms. The SMILES string of the molecule is Cc1ccc(S(=O)(=O)N(CC(C)C(=O)O)C(C)C)cc1. The van der Waals surface area contributed by atoms with Crippen LogP contribution >= 0.6 is 0 Å². The summed E-state index contributed by atoms with van der Waals surface area (Å²) >= 11 is 0. The molecule has 0 fully saturated rings. The van der Waals surface area contributed by atoms with Gasteiger partial charge in [-0.1, -0.05) is 24.6 Å². The highest BCUT2D eigenvalue weighted by Crippen LogP contribution is 2.20. The van der Waals surface area contributed by atoms with Gasteiger partial charge in [0.25, 0.3) is 0 Å². The van der Waals surface area contributed by atoms with Gasteiger partial charge in [-0.2, -0.15) is 4.31 Å². The topological polar surface area (TPSA) is 74.7 Å². The second-order valence-electron chi connectivity index (χ2n) is 5.22. The van der Waals surface area contributed by atoms with Crippen molar-refractivity contribution in [2.45, 2.75) is 38.6 Å². The van der Waals surface area contributed by atoms with E-state index in [9.17, 15) is 13.2 Å². The smallest absolute Gasteiger partial charge is 0.307 e. The Hall–Kier alpha value is -1.40. The maximum Gasteiger partial charge on any atom is 0.307 e. The van der Waals surface area contributed by atoms with Crippen molar-refractivity contribution < 1.29 is 18.3 Å². The quantitative estimate of drug-likeness (QED) is 0.873. The first kappa shape index (κ1) is 16.7. The van der Waals surface area contributed by atoms with E-state index >= 15 is 0 Å². The van der Waals surface area contributed by atoms with Crippen molar-refractivity contribution in [3.8, 4) is 0 Å². The summed E-state index contributed by atoms with van der Waals surface area (Å²) in [4.78, 5) is 11.1. The van der Waals surface area contributed by atoms with Gasteiger partial charge in [0.05, 0.1) is 10.8 Å². The Kier molecular flexibility index (Phi) is 5.30. The molecule has 0 aromatic heterocycles. The summed E-state index contributed by atoms with van der Waals surface area (Å²) in [5, 5.41) is 8.96. The number of hydrogen-bond donors (Lipinski definition) is 1. The van der Waals surface area contributed by atoms with Crippen LogP contribution in [-0.2, 0) is 14.8 Å². The fraction of sp³-hybridized carbons (Fsp3) is 0.500. The number of carbonyl (C=O) groups is 1. The molecule has 0 radical (unpaired) electrons. The molecule has 1 aromatic carbocycles. The molecule has 0 aliphatic carbocycles. The third kappa shape index (κ3) is 3.80. The number of sulfonamides is 1. The van der Waals surface area contributed by atoms with Crippen LogP contribution in [0.15, 0.2) is 29.2 Å². The number of rotatable bonds is 6. The van der Waals surface area contributed by atoms with Gasteiger partial charge in [0.1, 0.15) is 0 Å². The van der Waals surface area contributed by atoms with E-state index in [1.807, 2.05) is 6.92 Å². The van der Waals surface area contributed by atoms with Gasteiger partial charge >= 0.3 is 5.97 Å². The molecule has 0 bridgehead atoms. The van der Waals surface area contributed by atoms with Crippen LogP contribution in [0.1, 0.15) is 26.3 Å². The fourth-order valence-corrected chi connectivity index (χ4v) is 3.51. The first-order chi connectivity index (χ1) is 9.16. The van der Waals surface area contributed by atoms with Crippen molar-refractivity contribution in [1.29, 1.82) is 0 Å². The molecule has 5 nitrogen and oxygen atoms in total. The van der Waals surface area contributed by atoms with Gasteiger partial charge in [-0.05, 0) is 32.9 Å². The lowest BCUT2D eigenvalue weighted by atomic mass is 10.2. The Labute approximate surface area is 120 Å². The largest absolute Gasteiger partial charge is 0.481 e. The maximum atomic E-state index is 12.6. The number of nitrogens with zero attached hydrogens (tertiary/aromatic N) is 1. The Balaban J connectivity index is 3.13. The molecule has 0 aliphatic rings. The minimum Gasteiger partial charge on any atom is -0.481 e. The first-order valence-electron chi connectivity index (χ1n) is 6.47. The molecule has 0 heterocycles. The third-order valence-corrected chi connectivity index (χ3v) is 5.13. The minimum atomic E-state index is -3.68. The normalized spacial score (nSPS) is 13.7. The molecule has 112 valence electrons. The van der Waals surface area contributed by atoms with Crippen molar-refractivity contribution in [2.24, 2.45) is 5.92 Å². The van der Waals surface area contributed by atoms with Crippen molar-refractivity contribution in [1.82, 2.24) is 4.31 Å². The van der Waals surface area contributed by atoms with Gasteiger partial charge < -0.3 is 5.11 Å². The molecule has 1 atom stereocenters. The van der Waals surface area contributed by atoms with Crippen molar-refractivity contribution in [3.63, 3.8) is 0 Å². The average molecular weight is 299 g/mol. The zero-order valence-corrected chi connectivity index (χ0v) is 13.0. The molecule has 0 saturated heterocycles. The van der Waals surface area contributed by atoms with E-state index in [-0.39, 0.29) is 17.5 Å². The van der Waals surface area contributed by atoms with Crippen LogP contribution in [0.25, 0.3) is 0 Å². The summed E-state index contributed by atoms with van der Waals surface area (Å²) in [6, 6.07) is 6.25. The Morgan fingerprint density at radius 3 is 2.10 bits per heavy atom. The number of aryl methyl sites for hydroxylation is 1. The highest BCUT2D eigenvalue weighted by Gasteiger charge is 2.30. The van der Waals surface area contributed by atoms with E-state index in [1.165, 1.54) is 11.2 Å². The molecule has 1 unspecified atom stereocenters. The van der Waals surface area contributed by atoms with Crippen LogP contribution in [0.2, 0.25) is 0 Å². The summed E-state index contributed by atoms with van der Waals surface area (Å²) in [6.45, 7) is 6.81. The fourth-order valence-electron chi connectivity index (χ4n) is 1.78. The third-order valence-electron chi connectivity index (χ3n) is 3.08. The molecule has 0 aliphatic heterocycles. The molecule has 0 spiro atoms. The van der Waals surface area contributed by atoms with E-state index in [0.717, 1.165) is 5.56 Å². The van der Waals surface area contributed by atoms with Crippen LogP contribution in [0, 0.1) is 12.8 Å². The summed E-state index contributed by atoms with van der Waals surface area (Å²) < 4.78 is 26.4. The molecule has 6 heteroatoms. The molecule has 1 rings (SSSR count). The lowest BCUT2D eigenvalue weighted by Crippen LogP contribution is -2.41. The number of carboxylic acid groups (broad SMARTS) is 1. The number of benzene rings is 1. The predicted octanol–water partition coefficient (Wildman–Crippen LogP) is 2.11. The minimum absolute atomic E-state index is 0.0385. The number of carboxylic acids is 1. The van der Waals surface area contributed by atoms with Gasteiger partial charge in [0.15, 0.2) is 0 Å². The standard InChI is InChI=1S/C14H21NO4S/c1-10(2)15(9-12(4)14(16)17)20(18,19)13-7-5-11(3)6-8-13/h5-8,10,12H,9H2,1-4H3,(H,16,17). The summed E-state index contributed by atoms with van der Waals surface area (Å²) in [5.74, 6) is -1.76. The van der Waals surface area contributed by atoms with Gasteiger partial charge in [-0.3, -0.25) is 4.79 Å². The van der Waals surface area contributed by atoms with Crippen LogP contribution in [0.3, 0.4) is 0 Å². The summed E-state index contributed by atoms with van der Waals surface area (Å²) in [7, 11) is -3.68.